The van der Waals surface area contributed by atoms with Gasteiger partial charge in [0.15, 0.2) is 0 Å². The SMILES string of the molecule is C[C@@H](C(=O)N[C@H](C(=O)N1C[C@@H](NC(=O)OCC2c3ccccc3-c3ccccc32)C[C@H]1C(=O)OCc1ccccc1)C1CCCCC1)N(C)C(=O)OC(C)(C)C. The van der Waals surface area contributed by atoms with Gasteiger partial charge in [-0.2, -0.15) is 0 Å². The zero-order chi connectivity index (χ0) is 40.0. The summed E-state index contributed by atoms with van der Waals surface area (Å²) in [5, 5.41) is 5.87. The van der Waals surface area contributed by atoms with Gasteiger partial charge >= 0.3 is 18.2 Å². The third kappa shape index (κ3) is 9.52. The van der Waals surface area contributed by atoms with Crippen LogP contribution in [-0.4, -0.2) is 89.7 Å². The van der Waals surface area contributed by atoms with Crippen LogP contribution in [0.25, 0.3) is 11.1 Å². The number of amides is 4. The normalized spacial score (nSPS) is 19.2. The van der Waals surface area contributed by atoms with Crippen LogP contribution in [0.15, 0.2) is 78.9 Å². The molecule has 2 fully saturated rings. The fourth-order valence-electron chi connectivity index (χ4n) is 8.01. The molecule has 4 amide bonds. The zero-order valence-electron chi connectivity index (χ0n) is 33.0. The minimum absolute atomic E-state index is 0.0139. The highest BCUT2D eigenvalue weighted by atomic mass is 16.6. The monoisotopic (exact) mass is 766 g/mol. The summed E-state index contributed by atoms with van der Waals surface area (Å²) in [5.41, 5.74) is 4.44. The number of nitrogens with zero attached hydrogens (tertiary/aromatic N) is 2. The summed E-state index contributed by atoms with van der Waals surface area (Å²) in [6, 6.07) is 21.9. The Labute approximate surface area is 329 Å². The third-order valence-electron chi connectivity index (χ3n) is 11.1. The van der Waals surface area contributed by atoms with Crippen LogP contribution >= 0.6 is 0 Å². The van der Waals surface area contributed by atoms with Crippen LogP contribution in [0.2, 0.25) is 0 Å². The molecule has 0 radical (unpaired) electrons. The fourth-order valence-corrected chi connectivity index (χ4v) is 8.01. The first-order chi connectivity index (χ1) is 26.8. The van der Waals surface area contributed by atoms with Crippen molar-refractivity contribution in [3.05, 3.63) is 95.6 Å². The first kappa shape index (κ1) is 40.3. The standard InChI is InChI=1S/C44H54N4O8/c1-28(47(5)43(53)56-44(2,3)4)39(49)46-38(30-18-10-7-11-19-30)40(50)48-25-31(24-37(48)41(51)54-26-29-16-8-6-9-17-29)45-42(52)55-27-36-34-22-14-12-20-32(34)33-21-13-15-23-35(33)36/h6,8-9,12-17,20-23,28,30-31,36-38H,7,10-11,18-19,24-27H2,1-5H3,(H,45,52)(H,46,49)/t28-,31-,37-,38-/m0/s1. The molecule has 1 saturated heterocycles. The van der Waals surface area contributed by atoms with Crippen molar-refractivity contribution in [3.63, 3.8) is 0 Å². The summed E-state index contributed by atoms with van der Waals surface area (Å²) in [7, 11) is 1.48. The molecule has 3 aliphatic rings. The Hall–Kier alpha value is -5.39. The number of esters is 1. The topological polar surface area (TPSA) is 144 Å². The number of carbonyl (C=O) groups excluding carboxylic acids is 5. The van der Waals surface area contributed by atoms with E-state index in [1.165, 1.54) is 16.8 Å². The average Bonchev–Trinajstić information content (AvgIpc) is 3.76. The maximum atomic E-state index is 14.7. The molecule has 2 aliphatic carbocycles. The zero-order valence-corrected chi connectivity index (χ0v) is 33.0. The third-order valence-corrected chi connectivity index (χ3v) is 11.1. The lowest BCUT2D eigenvalue weighted by Gasteiger charge is -2.35. The molecule has 1 heterocycles. The first-order valence-electron chi connectivity index (χ1n) is 19.7. The van der Waals surface area contributed by atoms with Crippen LogP contribution < -0.4 is 10.6 Å². The van der Waals surface area contributed by atoms with Crippen LogP contribution in [-0.2, 0) is 35.2 Å². The number of likely N-dealkylation sites (N-methyl/N-ethyl adjacent to an activating group) is 1. The predicted molar refractivity (Wildman–Crippen MR) is 210 cm³/mol. The van der Waals surface area contributed by atoms with Crippen LogP contribution in [0.4, 0.5) is 9.59 Å². The second kappa shape index (κ2) is 17.6. The van der Waals surface area contributed by atoms with Crippen LogP contribution in [0.1, 0.15) is 88.8 Å². The molecule has 6 rings (SSSR count). The van der Waals surface area contributed by atoms with Crippen molar-refractivity contribution in [1.29, 1.82) is 0 Å². The van der Waals surface area contributed by atoms with E-state index in [1.807, 2.05) is 66.7 Å². The van der Waals surface area contributed by atoms with Crippen molar-refractivity contribution in [2.45, 2.75) is 109 Å². The number of carbonyl (C=O) groups is 5. The average molecular weight is 767 g/mol. The fraction of sp³-hybridized carbons (Fsp3) is 0.477. The van der Waals surface area contributed by atoms with Crippen molar-refractivity contribution in [2.75, 3.05) is 20.2 Å². The van der Waals surface area contributed by atoms with Crippen molar-refractivity contribution >= 4 is 30.0 Å². The van der Waals surface area contributed by atoms with Crippen LogP contribution in [0.3, 0.4) is 0 Å². The van der Waals surface area contributed by atoms with Crippen molar-refractivity contribution in [3.8, 4) is 11.1 Å². The molecule has 3 aromatic rings. The van der Waals surface area contributed by atoms with Crippen LogP contribution in [0.5, 0.6) is 0 Å². The molecule has 0 spiro atoms. The minimum Gasteiger partial charge on any atom is -0.459 e. The van der Waals surface area contributed by atoms with Crippen molar-refractivity contribution < 1.29 is 38.2 Å². The Balaban J connectivity index is 1.18. The van der Waals surface area contributed by atoms with E-state index in [1.54, 1.807) is 27.7 Å². The lowest BCUT2D eigenvalue weighted by Crippen LogP contribution is -2.58. The molecule has 12 nitrogen and oxygen atoms in total. The van der Waals surface area contributed by atoms with E-state index in [0.717, 1.165) is 47.1 Å². The van der Waals surface area contributed by atoms with E-state index in [9.17, 15) is 24.0 Å². The van der Waals surface area contributed by atoms with Gasteiger partial charge in [-0.25, -0.2) is 14.4 Å². The Morgan fingerprint density at radius 1 is 0.839 bits per heavy atom. The Morgan fingerprint density at radius 3 is 2.07 bits per heavy atom. The Morgan fingerprint density at radius 2 is 1.45 bits per heavy atom. The Bertz CT molecular complexity index is 1840. The lowest BCUT2D eigenvalue weighted by molar-refractivity contribution is -0.155. The second-order valence-corrected chi connectivity index (χ2v) is 16.2. The second-order valence-electron chi connectivity index (χ2n) is 16.2. The lowest BCUT2D eigenvalue weighted by atomic mass is 9.83. The molecule has 0 aromatic heterocycles. The highest BCUT2D eigenvalue weighted by Gasteiger charge is 2.46. The molecule has 12 heteroatoms. The van der Waals surface area contributed by atoms with Gasteiger partial charge in [0, 0.05) is 25.9 Å². The summed E-state index contributed by atoms with van der Waals surface area (Å²) in [6.07, 6.45) is 3.03. The number of fused-ring (bicyclic) bond motifs is 3. The van der Waals surface area contributed by atoms with E-state index in [0.29, 0.717) is 12.8 Å². The predicted octanol–water partition coefficient (Wildman–Crippen LogP) is 6.56. The number of likely N-dealkylation sites (tertiary alicyclic amines) is 1. The van der Waals surface area contributed by atoms with Crippen molar-refractivity contribution in [1.82, 2.24) is 20.4 Å². The summed E-state index contributed by atoms with van der Waals surface area (Å²) in [6.45, 7) is 6.95. The van der Waals surface area contributed by atoms with Gasteiger partial charge in [-0.05, 0) is 74.3 Å². The van der Waals surface area contributed by atoms with Gasteiger partial charge < -0.3 is 29.7 Å². The minimum atomic E-state index is -1.02. The molecule has 0 bridgehead atoms. The number of hydrogen-bond donors (Lipinski definition) is 2. The maximum absolute atomic E-state index is 14.7. The van der Waals surface area contributed by atoms with Gasteiger partial charge in [0.2, 0.25) is 11.8 Å². The smallest absolute Gasteiger partial charge is 0.410 e. The number of alkyl carbamates (subject to hydrolysis) is 1. The molecule has 298 valence electrons. The van der Waals surface area contributed by atoms with Gasteiger partial charge in [0.25, 0.3) is 0 Å². The summed E-state index contributed by atoms with van der Waals surface area (Å²) >= 11 is 0. The number of nitrogens with one attached hydrogen (secondary N) is 2. The first-order valence-corrected chi connectivity index (χ1v) is 19.7. The summed E-state index contributed by atoms with van der Waals surface area (Å²) in [4.78, 5) is 71.1. The largest absolute Gasteiger partial charge is 0.459 e. The molecule has 2 N–H and O–H groups in total. The number of ether oxygens (including phenoxy) is 3. The van der Waals surface area contributed by atoms with E-state index in [4.69, 9.17) is 14.2 Å². The molecule has 1 saturated carbocycles. The van der Waals surface area contributed by atoms with Gasteiger partial charge in [-0.15, -0.1) is 0 Å². The number of rotatable bonds is 11. The highest BCUT2D eigenvalue weighted by Crippen LogP contribution is 2.44. The molecule has 3 aromatic carbocycles. The summed E-state index contributed by atoms with van der Waals surface area (Å²) < 4.78 is 17.0. The van der Waals surface area contributed by atoms with Crippen molar-refractivity contribution in [2.24, 2.45) is 5.92 Å². The highest BCUT2D eigenvalue weighted by molar-refractivity contribution is 5.93. The summed E-state index contributed by atoms with van der Waals surface area (Å²) in [5.74, 6) is -1.87. The van der Waals surface area contributed by atoms with Gasteiger partial charge in [0.1, 0.15) is 36.9 Å². The number of benzene rings is 3. The molecule has 56 heavy (non-hydrogen) atoms. The van der Waals surface area contributed by atoms with E-state index in [2.05, 4.69) is 22.8 Å². The van der Waals surface area contributed by atoms with Gasteiger partial charge in [-0.1, -0.05) is 98.1 Å². The van der Waals surface area contributed by atoms with Gasteiger partial charge in [0.05, 0.1) is 6.04 Å². The molecule has 0 unspecified atom stereocenters. The van der Waals surface area contributed by atoms with Gasteiger partial charge in [-0.3, -0.25) is 14.5 Å². The van der Waals surface area contributed by atoms with E-state index < -0.39 is 59.7 Å². The van der Waals surface area contributed by atoms with E-state index >= 15 is 0 Å². The number of hydrogen-bond acceptors (Lipinski definition) is 8. The molecular formula is C44H54N4O8. The molecular weight excluding hydrogens is 713 g/mol. The molecule has 1 aliphatic heterocycles. The van der Waals surface area contributed by atoms with Crippen LogP contribution in [0, 0.1) is 5.92 Å². The maximum Gasteiger partial charge on any atom is 0.410 e. The quantitative estimate of drug-likeness (QED) is 0.165. The van der Waals surface area contributed by atoms with E-state index in [-0.39, 0.29) is 38.0 Å². The molecule has 4 atom stereocenters. The Kier molecular flexibility index (Phi) is 12.7.